The lowest BCUT2D eigenvalue weighted by Gasteiger charge is -2.23. The summed E-state index contributed by atoms with van der Waals surface area (Å²) in [7, 11) is 0. The molecule has 0 unspecified atom stereocenters. The number of carbonyl (C=O) groups excluding carboxylic acids is 1. The number of aliphatic hydroxyl groups is 1. The number of ether oxygens (including phenoxy) is 1. The van der Waals surface area contributed by atoms with Crippen molar-refractivity contribution in [2.45, 2.75) is 19.1 Å². The number of aliphatic hydroxyl groups excluding tert-OH is 1. The SMILES string of the molecule is O=C(OCc1ccccc1)N1C=C[C@H](O)CC1. The summed E-state index contributed by atoms with van der Waals surface area (Å²) in [5, 5.41) is 9.25. The van der Waals surface area contributed by atoms with E-state index in [0.717, 1.165) is 5.56 Å². The van der Waals surface area contributed by atoms with E-state index in [1.54, 1.807) is 12.3 Å². The van der Waals surface area contributed by atoms with Gasteiger partial charge in [-0.15, -0.1) is 0 Å². The Labute approximate surface area is 100 Å². The van der Waals surface area contributed by atoms with Crippen LogP contribution in [0.4, 0.5) is 4.79 Å². The molecule has 1 heterocycles. The maximum Gasteiger partial charge on any atom is 0.414 e. The van der Waals surface area contributed by atoms with E-state index in [0.29, 0.717) is 13.0 Å². The molecule has 0 saturated heterocycles. The molecule has 4 nitrogen and oxygen atoms in total. The van der Waals surface area contributed by atoms with Crippen molar-refractivity contribution < 1.29 is 14.6 Å². The predicted octanol–water partition coefficient (Wildman–Crippen LogP) is 1.90. The average molecular weight is 233 g/mol. The molecule has 17 heavy (non-hydrogen) atoms. The summed E-state index contributed by atoms with van der Waals surface area (Å²) < 4.78 is 5.16. The Hall–Kier alpha value is -1.81. The normalized spacial score (nSPS) is 19.1. The third-order valence-electron chi connectivity index (χ3n) is 2.59. The molecule has 0 radical (unpaired) electrons. The zero-order chi connectivity index (χ0) is 12.1. The van der Waals surface area contributed by atoms with Gasteiger partial charge in [-0.2, -0.15) is 0 Å². The number of benzene rings is 1. The highest BCUT2D eigenvalue weighted by Gasteiger charge is 2.17. The minimum absolute atomic E-state index is 0.270. The first-order valence-corrected chi connectivity index (χ1v) is 5.59. The summed E-state index contributed by atoms with van der Waals surface area (Å²) in [6.45, 7) is 0.762. The van der Waals surface area contributed by atoms with Gasteiger partial charge < -0.3 is 9.84 Å². The highest BCUT2D eigenvalue weighted by molar-refractivity contribution is 5.69. The zero-order valence-electron chi connectivity index (χ0n) is 9.45. The molecule has 1 aromatic carbocycles. The smallest absolute Gasteiger partial charge is 0.414 e. The van der Waals surface area contributed by atoms with Crippen molar-refractivity contribution in [2.75, 3.05) is 6.54 Å². The van der Waals surface area contributed by atoms with Crippen LogP contribution in [0.15, 0.2) is 42.6 Å². The van der Waals surface area contributed by atoms with Crippen molar-refractivity contribution in [1.82, 2.24) is 4.90 Å². The highest BCUT2D eigenvalue weighted by atomic mass is 16.6. The summed E-state index contributed by atoms with van der Waals surface area (Å²) in [6, 6.07) is 9.53. The molecular weight excluding hydrogens is 218 g/mol. The van der Waals surface area contributed by atoms with E-state index in [1.165, 1.54) is 4.90 Å². The van der Waals surface area contributed by atoms with Crippen LogP contribution in [0.5, 0.6) is 0 Å². The van der Waals surface area contributed by atoms with Gasteiger partial charge in [0.25, 0.3) is 0 Å². The molecule has 1 aliphatic rings. The Morgan fingerprint density at radius 1 is 1.41 bits per heavy atom. The Morgan fingerprint density at radius 3 is 2.82 bits per heavy atom. The van der Waals surface area contributed by atoms with Gasteiger partial charge in [-0.25, -0.2) is 4.79 Å². The van der Waals surface area contributed by atoms with Crippen LogP contribution in [-0.2, 0) is 11.3 Å². The summed E-state index contributed by atoms with van der Waals surface area (Å²) in [4.78, 5) is 13.1. The number of hydrogen-bond acceptors (Lipinski definition) is 3. The van der Waals surface area contributed by atoms with Crippen LogP contribution in [0, 0.1) is 0 Å². The van der Waals surface area contributed by atoms with Gasteiger partial charge >= 0.3 is 6.09 Å². The maximum absolute atomic E-state index is 11.6. The third kappa shape index (κ3) is 3.32. The standard InChI is InChI=1S/C13H15NO3/c15-12-6-8-14(9-7-12)13(16)17-10-11-4-2-1-3-5-11/h1-6,8,12,15H,7,9-10H2/t12-/m0/s1. The van der Waals surface area contributed by atoms with Crippen molar-refractivity contribution in [1.29, 1.82) is 0 Å². The minimum atomic E-state index is -0.451. The maximum atomic E-state index is 11.6. The molecule has 1 aliphatic heterocycles. The zero-order valence-corrected chi connectivity index (χ0v) is 9.45. The van der Waals surface area contributed by atoms with Crippen LogP contribution >= 0.6 is 0 Å². The lowest BCUT2D eigenvalue weighted by atomic mass is 10.2. The van der Waals surface area contributed by atoms with Gasteiger partial charge in [0.05, 0.1) is 6.10 Å². The Balaban J connectivity index is 1.84. The molecule has 4 heteroatoms. The van der Waals surface area contributed by atoms with Gasteiger partial charge in [-0.05, 0) is 18.1 Å². The summed E-state index contributed by atoms with van der Waals surface area (Å²) in [5.41, 5.74) is 0.960. The van der Waals surface area contributed by atoms with Gasteiger partial charge in [0.2, 0.25) is 0 Å². The van der Waals surface area contributed by atoms with Gasteiger partial charge in [0.1, 0.15) is 6.61 Å². The van der Waals surface area contributed by atoms with Crippen LogP contribution in [-0.4, -0.2) is 28.7 Å². The van der Waals surface area contributed by atoms with Crippen LogP contribution in [0.25, 0.3) is 0 Å². The molecule has 0 aromatic heterocycles. The van der Waals surface area contributed by atoms with Crippen molar-refractivity contribution in [3.05, 3.63) is 48.2 Å². The van der Waals surface area contributed by atoms with E-state index in [2.05, 4.69) is 0 Å². The molecule has 1 atom stereocenters. The van der Waals surface area contributed by atoms with Gasteiger partial charge in [-0.3, -0.25) is 4.90 Å². The van der Waals surface area contributed by atoms with E-state index in [1.807, 2.05) is 30.3 Å². The molecule has 1 amide bonds. The molecule has 0 spiro atoms. The lowest BCUT2D eigenvalue weighted by Crippen LogP contribution is -2.32. The molecule has 0 fully saturated rings. The van der Waals surface area contributed by atoms with Crippen LogP contribution in [0.1, 0.15) is 12.0 Å². The van der Waals surface area contributed by atoms with E-state index >= 15 is 0 Å². The number of carbonyl (C=O) groups is 1. The highest BCUT2D eigenvalue weighted by Crippen LogP contribution is 2.09. The average Bonchev–Trinajstić information content (AvgIpc) is 2.38. The Morgan fingerprint density at radius 2 is 2.18 bits per heavy atom. The number of nitrogens with zero attached hydrogens (tertiary/aromatic N) is 1. The largest absolute Gasteiger partial charge is 0.444 e. The second kappa shape index (κ2) is 5.50. The second-order valence-corrected chi connectivity index (χ2v) is 3.93. The van der Waals surface area contributed by atoms with Crippen LogP contribution in [0.2, 0.25) is 0 Å². The van der Waals surface area contributed by atoms with Crippen molar-refractivity contribution in [3.8, 4) is 0 Å². The molecule has 0 bridgehead atoms. The number of amides is 1. The fourth-order valence-corrected chi connectivity index (χ4v) is 1.60. The fraction of sp³-hybridized carbons (Fsp3) is 0.308. The first kappa shape index (κ1) is 11.7. The number of hydrogen-bond donors (Lipinski definition) is 1. The molecule has 1 N–H and O–H groups in total. The Kier molecular flexibility index (Phi) is 3.77. The van der Waals surface area contributed by atoms with Gasteiger partial charge in [0, 0.05) is 12.7 Å². The van der Waals surface area contributed by atoms with Gasteiger partial charge in [-0.1, -0.05) is 30.3 Å². The van der Waals surface area contributed by atoms with Crippen molar-refractivity contribution in [2.24, 2.45) is 0 Å². The predicted molar refractivity (Wildman–Crippen MR) is 63.1 cm³/mol. The molecule has 2 rings (SSSR count). The number of rotatable bonds is 2. The second-order valence-electron chi connectivity index (χ2n) is 3.93. The monoisotopic (exact) mass is 233 g/mol. The van der Waals surface area contributed by atoms with E-state index in [-0.39, 0.29) is 12.7 Å². The molecule has 90 valence electrons. The topological polar surface area (TPSA) is 49.8 Å². The third-order valence-corrected chi connectivity index (χ3v) is 2.59. The molecular formula is C13H15NO3. The molecule has 0 aliphatic carbocycles. The quantitative estimate of drug-likeness (QED) is 0.848. The first-order valence-electron chi connectivity index (χ1n) is 5.59. The van der Waals surface area contributed by atoms with Crippen molar-refractivity contribution >= 4 is 6.09 Å². The van der Waals surface area contributed by atoms with Crippen molar-refractivity contribution in [3.63, 3.8) is 0 Å². The molecule has 0 saturated carbocycles. The van der Waals surface area contributed by atoms with E-state index in [9.17, 15) is 9.90 Å². The minimum Gasteiger partial charge on any atom is -0.444 e. The first-order chi connectivity index (χ1) is 8.25. The molecule has 1 aromatic rings. The summed E-state index contributed by atoms with van der Waals surface area (Å²) >= 11 is 0. The Bertz CT molecular complexity index is 402. The fourth-order valence-electron chi connectivity index (χ4n) is 1.60. The van der Waals surface area contributed by atoms with E-state index in [4.69, 9.17) is 4.74 Å². The summed E-state index contributed by atoms with van der Waals surface area (Å²) in [5.74, 6) is 0. The lowest BCUT2D eigenvalue weighted by molar-refractivity contribution is 0.100. The van der Waals surface area contributed by atoms with Crippen LogP contribution < -0.4 is 0 Å². The van der Waals surface area contributed by atoms with Gasteiger partial charge in [0.15, 0.2) is 0 Å². The van der Waals surface area contributed by atoms with E-state index < -0.39 is 6.10 Å². The van der Waals surface area contributed by atoms with Crippen LogP contribution in [0.3, 0.4) is 0 Å². The summed E-state index contributed by atoms with van der Waals surface area (Å²) in [6.07, 6.45) is 2.89.